The SMILES string of the molecule is Cc1[nH]ncc1C(=O)N1CCN(C(=O)N(C)C)CC1. The van der Waals surface area contributed by atoms with Gasteiger partial charge in [0.1, 0.15) is 0 Å². The number of hydrogen-bond acceptors (Lipinski definition) is 3. The van der Waals surface area contributed by atoms with Crippen molar-refractivity contribution >= 4 is 11.9 Å². The zero-order chi connectivity index (χ0) is 14.0. The second-order valence-electron chi connectivity index (χ2n) is 4.86. The molecule has 0 aromatic carbocycles. The Hall–Kier alpha value is -2.05. The first kappa shape index (κ1) is 13.4. The van der Waals surface area contributed by atoms with Crippen molar-refractivity contribution in [3.05, 3.63) is 17.5 Å². The third kappa shape index (κ3) is 2.69. The lowest BCUT2D eigenvalue weighted by molar-refractivity contribution is 0.0649. The number of nitrogens with zero attached hydrogens (tertiary/aromatic N) is 4. The molecule has 1 saturated heterocycles. The lowest BCUT2D eigenvalue weighted by atomic mass is 10.2. The fourth-order valence-electron chi connectivity index (χ4n) is 2.12. The minimum Gasteiger partial charge on any atom is -0.335 e. The van der Waals surface area contributed by atoms with E-state index in [1.54, 1.807) is 35.0 Å². The van der Waals surface area contributed by atoms with Crippen LogP contribution in [-0.2, 0) is 0 Å². The average Bonchev–Trinajstić information content (AvgIpc) is 2.83. The second kappa shape index (κ2) is 5.29. The predicted molar refractivity (Wildman–Crippen MR) is 69.9 cm³/mol. The Morgan fingerprint density at radius 3 is 2.26 bits per heavy atom. The maximum absolute atomic E-state index is 12.2. The maximum atomic E-state index is 12.2. The molecular formula is C12H19N5O2. The number of aromatic nitrogens is 2. The molecule has 3 amide bonds. The first-order valence-electron chi connectivity index (χ1n) is 6.26. The minimum absolute atomic E-state index is 0.00779. The van der Waals surface area contributed by atoms with Gasteiger partial charge in [-0.15, -0.1) is 0 Å². The van der Waals surface area contributed by atoms with Gasteiger partial charge in [0, 0.05) is 46.0 Å². The van der Waals surface area contributed by atoms with E-state index in [1.165, 1.54) is 0 Å². The van der Waals surface area contributed by atoms with Crippen LogP contribution in [0.4, 0.5) is 4.79 Å². The van der Waals surface area contributed by atoms with Crippen molar-refractivity contribution < 1.29 is 9.59 Å². The third-order valence-electron chi connectivity index (χ3n) is 3.28. The molecular weight excluding hydrogens is 246 g/mol. The molecule has 1 aliphatic rings. The van der Waals surface area contributed by atoms with E-state index in [1.807, 2.05) is 6.92 Å². The highest BCUT2D eigenvalue weighted by molar-refractivity contribution is 5.95. The van der Waals surface area contributed by atoms with Gasteiger partial charge in [-0.2, -0.15) is 5.10 Å². The van der Waals surface area contributed by atoms with Crippen molar-refractivity contribution in [2.45, 2.75) is 6.92 Å². The zero-order valence-electron chi connectivity index (χ0n) is 11.5. The molecule has 1 aliphatic heterocycles. The van der Waals surface area contributed by atoms with Gasteiger partial charge in [-0.3, -0.25) is 9.89 Å². The second-order valence-corrected chi connectivity index (χ2v) is 4.86. The van der Waals surface area contributed by atoms with Gasteiger partial charge < -0.3 is 14.7 Å². The molecule has 1 N–H and O–H groups in total. The van der Waals surface area contributed by atoms with Crippen molar-refractivity contribution in [2.24, 2.45) is 0 Å². The fourth-order valence-corrected chi connectivity index (χ4v) is 2.12. The summed E-state index contributed by atoms with van der Waals surface area (Å²) in [6.07, 6.45) is 1.55. The Kier molecular flexibility index (Phi) is 3.73. The van der Waals surface area contributed by atoms with E-state index in [2.05, 4.69) is 10.2 Å². The van der Waals surface area contributed by atoms with E-state index in [0.29, 0.717) is 31.7 Å². The van der Waals surface area contributed by atoms with E-state index in [9.17, 15) is 9.59 Å². The molecule has 104 valence electrons. The average molecular weight is 265 g/mol. The first-order chi connectivity index (χ1) is 9.00. The topological polar surface area (TPSA) is 72.5 Å². The molecule has 1 aromatic rings. The van der Waals surface area contributed by atoms with Gasteiger partial charge in [0.05, 0.1) is 11.8 Å². The summed E-state index contributed by atoms with van der Waals surface area (Å²) in [7, 11) is 3.46. The standard InChI is InChI=1S/C12H19N5O2/c1-9-10(8-13-14-9)11(18)16-4-6-17(7-5-16)12(19)15(2)3/h8H,4-7H2,1-3H3,(H,13,14). The maximum Gasteiger partial charge on any atom is 0.319 e. The number of nitrogens with one attached hydrogen (secondary N) is 1. The Balaban J connectivity index is 1.95. The van der Waals surface area contributed by atoms with Crippen LogP contribution in [0.25, 0.3) is 0 Å². The Bertz CT molecular complexity index is 474. The van der Waals surface area contributed by atoms with Gasteiger partial charge in [0.15, 0.2) is 0 Å². The lowest BCUT2D eigenvalue weighted by Crippen LogP contribution is -2.52. The van der Waals surface area contributed by atoms with Crippen molar-refractivity contribution in [2.75, 3.05) is 40.3 Å². The quantitative estimate of drug-likeness (QED) is 0.786. The molecule has 2 heterocycles. The first-order valence-corrected chi connectivity index (χ1v) is 6.26. The highest BCUT2D eigenvalue weighted by Crippen LogP contribution is 2.11. The number of aromatic amines is 1. The number of carbonyl (C=O) groups excluding carboxylic acids is 2. The van der Waals surface area contributed by atoms with Crippen LogP contribution in [-0.4, -0.2) is 77.1 Å². The number of aryl methyl sites for hydroxylation is 1. The smallest absolute Gasteiger partial charge is 0.319 e. The van der Waals surface area contributed by atoms with E-state index in [-0.39, 0.29) is 11.9 Å². The predicted octanol–water partition coefficient (Wildman–Crippen LogP) is 0.158. The van der Waals surface area contributed by atoms with E-state index < -0.39 is 0 Å². The summed E-state index contributed by atoms with van der Waals surface area (Å²) in [4.78, 5) is 29.1. The minimum atomic E-state index is -0.0248. The van der Waals surface area contributed by atoms with Crippen LogP contribution >= 0.6 is 0 Å². The summed E-state index contributed by atoms with van der Waals surface area (Å²) in [5.41, 5.74) is 1.38. The number of urea groups is 1. The van der Waals surface area contributed by atoms with Crippen LogP contribution < -0.4 is 0 Å². The van der Waals surface area contributed by atoms with Crippen LogP contribution in [0.1, 0.15) is 16.1 Å². The van der Waals surface area contributed by atoms with Crippen molar-refractivity contribution in [3.63, 3.8) is 0 Å². The summed E-state index contributed by atoms with van der Waals surface area (Å²) in [6.45, 7) is 4.08. The number of H-pyrrole nitrogens is 1. The van der Waals surface area contributed by atoms with Crippen LogP contribution in [0.3, 0.4) is 0 Å². The molecule has 0 bridgehead atoms. The zero-order valence-corrected chi connectivity index (χ0v) is 11.5. The molecule has 1 fully saturated rings. The van der Waals surface area contributed by atoms with Gasteiger partial charge in [0.25, 0.3) is 5.91 Å². The summed E-state index contributed by atoms with van der Waals surface area (Å²) >= 11 is 0. The Labute approximate surface area is 112 Å². The summed E-state index contributed by atoms with van der Waals surface area (Å²) < 4.78 is 0. The Morgan fingerprint density at radius 1 is 1.21 bits per heavy atom. The monoisotopic (exact) mass is 265 g/mol. The Morgan fingerprint density at radius 2 is 1.79 bits per heavy atom. The number of hydrogen-bond donors (Lipinski definition) is 1. The summed E-state index contributed by atoms with van der Waals surface area (Å²) in [5, 5.41) is 6.62. The molecule has 0 aliphatic carbocycles. The number of carbonyl (C=O) groups is 2. The summed E-state index contributed by atoms with van der Waals surface area (Å²) in [5.74, 6) is -0.0248. The molecule has 0 radical (unpaired) electrons. The number of piperazine rings is 1. The van der Waals surface area contributed by atoms with E-state index >= 15 is 0 Å². The molecule has 0 spiro atoms. The molecule has 0 atom stereocenters. The highest BCUT2D eigenvalue weighted by atomic mass is 16.2. The molecule has 7 nitrogen and oxygen atoms in total. The van der Waals surface area contributed by atoms with Crippen LogP contribution in [0.2, 0.25) is 0 Å². The third-order valence-corrected chi connectivity index (χ3v) is 3.28. The van der Waals surface area contributed by atoms with Crippen molar-refractivity contribution in [3.8, 4) is 0 Å². The van der Waals surface area contributed by atoms with E-state index in [4.69, 9.17) is 0 Å². The van der Waals surface area contributed by atoms with Gasteiger partial charge in [-0.1, -0.05) is 0 Å². The molecule has 7 heteroatoms. The van der Waals surface area contributed by atoms with E-state index in [0.717, 1.165) is 5.69 Å². The molecule has 0 unspecified atom stereocenters. The fraction of sp³-hybridized carbons (Fsp3) is 0.583. The van der Waals surface area contributed by atoms with Gasteiger partial charge in [-0.05, 0) is 6.92 Å². The number of rotatable bonds is 1. The lowest BCUT2D eigenvalue weighted by Gasteiger charge is -2.35. The summed E-state index contributed by atoms with van der Waals surface area (Å²) in [6, 6.07) is -0.00779. The van der Waals surface area contributed by atoms with Crippen molar-refractivity contribution in [1.82, 2.24) is 24.9 Å². The number of amides is 3. The van der Waals surface area contributed by atoms with Crippen LogP contribution in [0.15, 0.2) is 6.20 Å². The molecule has 1 aromatic heterocycles. The molecule has 19 heavy (non-hydrogen) atoms. The highest BCUT2D eigenvalue weighted by Gasteiger charge is 2.26. The van der Waals surface area contributed by atoms with Crippen LogP contribution in [0.5, 0.6) is 0 Å². The van der Waals surface area contributed by atoms with Crippen molar-refractivity contribution in [1.29, 1.82) is 0 Å². The van der Waals surface area contributed by atoms with Gasteiger partial charge >= 0.3 is 6.03 Å². The normalized spacial score (nSPS) is 15.5. The van der Waals surface area contributed by atoms with Gasteiger partial charge in [0.2, 0.25) is 0 Å². The molecule has 2 rings (SSSR count). The molecule has 0 saturated carbocycles. The largest absolute Gasteiger partial charge is 0.335 e. The van der Waals surface area contributed by atoms with Crippen LogP contribution in [0, 0.1) is 6.92 Å². The van der Waals surface area contributed by atoms with Gasteiger partial charge in [-0.25, -0.2) is 4.79 Å².